The fourth-order valence-electron chi connectivity index (χ4n) is 2.44. The van der Waals surface area contributed by atoms with Crippen LogP contribution in [0.25, 0.3) is 0 Å². The highest BCUT2D eigenvalue weighted by Gasteiger charge is 2.36. The molecule has 1 atom stereocenters. The largest absolute Gasteiger partial charge is 0.425 e. The molecule has 0 aliphatic carbocycles. The summed E-state index contributed by atoms with van der Waals surface area (Å²) >= 11 is 5.97. The van der Waals surface area contributed by atoms with Crippen LogP contribution in [0.4, 0.5) is 5.69 Å². The predicted octanol–water partition coefficient (Wildman–Crippen LogP) is 3.30. The van der Waals surface area contributed by atoms with Crippen LogP contribution < -0.4 is 9.64 Å². The standard InChI is InChI=1S/C17H14ClNO3/c18-14-8-4-5-9-15(14)22-17(21)12-10-16(20)19(11-12)13-6-2-1-3-7-13/h1-9,12H,10-11H2/t12-/m1/s1. The Morgan fingerprint density at radius 1 is 1.09 bits per heavy atom. The number of ether oxygens (including phenoxy) is 1. The number of amides is 1. The van der Waals surface area contributed by atoms with E-state index in [1.165, 1.54) is 0 Å². The number of benzene rings is 2. The Morgan fingerprint density at radius 2 is 1.77 bits per heavy atom. The molecular formula is C17H14ClNO3. The third kappa shape index (κ3) is 2.97. The van der Waals surface area contributed by atoms with Crippen LogP contribution in [0.1, 0.15) is 6.42 Å². The predicted molar refractivity (Wildman–Crippen MR) is 84.0 cm³/mol. The van der Waals surface area contributed by atoms with Crippen molar-refractivity contribution >= 4 is 29.2 Å². The van der Waals surface area contributed by atoms with Gasteiger partial charge in [-0.2, -0.15) is 0 Å². The number of hydrogen-bond acceptors (Lipinski definition) is 3. The Bertz CT molecular complexity index is 702. The lowest BCUT2D eigenvalue weighted by Crippen LogP contribution is -2.27. The lowest BCUT2D eigenvalue weighted by Gasteiger charge is -2.16. The summed E-state index contributed by atoms with van der Waals surface area (Å²) in [4.78, 5) is 25.9. The van der Waals surface area contributed by atoms with Crippen molar-refractivity contribution in [3.8, 4) is 5.75 Å². The molecule has 0 spiro atoms. The van der Waals surface area contributed by atoms with Gasteiger partial charge in [0.1, 0.15) is 5.75 Å². The SMILES string of the molecule is O=C(Oc1ccccc1Cl)[C@@H]1CC(=O)N(c2ccccc2)C1. The van der Waals surface area contributed by atoms with Gasteiger partial charge < -0.3 is 9.64 Å². The molecule has 0 N–H and O–H groups in total. The normalized spacial score (nSPS) is 17.6. The quantitative estimate of drug-likeness (QED) is 0.645. The second-order valence-corrected chi connectivity index (χ2v) is 5.50. The van der Waals surface area contributed by atoms with Gasteiger partial charge in [-0.25, -0.2) is 0 Å². The van der Waals surface area contributed by atoms with Gasteiger partial charge in [-0.3, -0.25) is 9.59 Å². The van der Waals surface area contributed by atoms with E-state index in [1.807, 2.05) is 30.3 Å². The number of rotatable bonds is 3. The molecule has 1 saturated heterocycles. The summed E-state index contributed by atoms with van der Waals surface area (Å²) in [5.74, 6) is -0.670. The fourth-order valence-corrected chi connectivity index (χ4v) is 2.62. The molecule has 5 heteroatoms. The zero-order valence-electron chi connectivity index (χ0n) is 11.7. The van der Waals surface area contributed by atoms with Crippen molar-refractivity contribution in [2.75, 3.05) is 11.4 Å². The van der Waals surface area contributed by atoms with Gasteiger partial charge in [-0.05, 0) is 24.3 Å². The highest BCUT2D eigenvalue weighted by Crippen LogP contribution is 2.28. The molecular weight excluding hydrogens is 302 g/mol. The van der Waals surface area contributed by atoms with Gasteiger partial charge in [0.05, 0.1) is 10.9 Å². The van der Waals surface area contributed by atoms with Crippen LogP contribution in [0.2, 0.25) is 5.02 Å². The lowest BCUT2D eigenvalue weighted by atomic mass is 10.1. The van der Waals surface area contributed by atoms with Crippen LogP contribution >= 0.6 is 11.6 Å². The molecule has 1 aliphatic heterocycles. The molecule has 0 bridgehead atoms. The molecule has 0 aromatic heterocycles. The highest BCUT2D eigenvalue weighted by molar-refractivity contribution is 6.32. The van der Waals surface area contributed by atoms with Crippen molar-refractivity contribution in [2.24, 2.45) is 5.92 Å². The minimum absolute atomic E-state index is 0.0766. The van der Waals surface area contributed by atoms with Gasteiger partial charge in [0, 0.05) is 18.7 Å². The van der Waals surface area contributed by atoms with E-state index in [1.54, 1.807) is 29.2 Å². The smallest absolute Gasteiger partial charge is 0.316 e. The summed E-state index contributed by atoms with van der Waals surface area (Å²) in [6.45, 7) is 0.326. The van der Waals surface area contributed by atoms with E-state index in [0.717, 1.165) is 5.69 Å². The van der Waals surface area contributed by atoms with E-state index in [9.17, 15) is 9.59 Å². The zero-order valence-corrected chi connectivity index (χ0v) is 12.5. The number of para-hydroxylation sites is 2. The number of hydrogen-bond donors (Lipinski definition) is 0. The summed E-state index contributed by atoms with van der Waals surface area (Å²) in [5, 5.41) is 0.375. The average Bonchev–Trinajstić information content (AvgIpc) is 2.92. The Hall–Kier alpha value is -2.33. The molecule has 1 fully saturated rings. The van der Waals surface area contributed by atoms with Gasteiger partial charge in [0.2, 0.25) is 5.91 Å². The summed E-state index contributed by atoms with van der Waals surface area (Å²) < 4.78 is 5.31. The van der Waals surface area contributed by atoms with Crippen molar-refractivity contribution in [3.05, 3.63) is 59.6 Å². The first-order valence-electron chi connectivity index (χ1n) is 6.97. The minimum atomic E-state index is -0.482. The van der Waals surface area contributed by atoms with Crippen molar-refractivity contribution in [1.29, 1.82) is 0 Å². The first kappa shape index (κ1) is 14.6. The molecule has 1 amide bonds. The molecule has 3 rings (SSSR count). The van der Waals surface area contributed by atoms with Crippen molar-refractivity contribution in [2.45, 2.75) is 6.42 Å². The zero-order chi connectivity index (χ0) is 15.5. The molecule has 112 valence electrons. The van der Waals surface area contributed by atoms with E-state index in [0.29, 0.717) is 17.3 Å². The maximum Gasteiger partial charge on any atom is 0.316 e. The average molecular weight is 316 g/mol. The molecule has 1 aliphatic rings. The molecule has 0 unspecified atom stereocenters. The number of esters is 1. The first-order valence-corrected chi connectivity index (χ1v) is 7.34. The Kier molecular flexibility index (Phi) is 4.11. The summed E-state index contributed by atoms with van der Waals surface area (Å²) in [7, 11) is 0. The molecule has 0 radical (unpaired) electrons. The first-order chi connectivity index (χ1) is 10.6. The Morgan fingerprint density at radius 3 is 2.50 bits per heavy atom. The molecule has 0 saturated carbocycles. The van der Waals surface area contributed by atoms with Crippen LogP contribution in [0, 0.1) is 5.92 Å². The molecule has 22 heavy (non-hydrogen) atoms. The summed E-state index contributed by atoms with van der Waals surface area (Å²) in [6.07, 6.45) is 0.151. The van der Waals surface area contributed by atoms with E-state index in [4.69, 9.17) is 16.3 Å². The number of halogens is 1. The topological polar surface area (TPSA) is 46.6 Å². The van der Waals surface area contributed by atoms with Crippen LogP contribution in [-0.2, 0) is 9.59 Å². The number of nitrogens with zero attached hydrogens (tertiary/aromatic N) is 1. The molecule has 2 aromatic carbocycles. The third-order valence-electron chi connectivity index (χ3n) is 3.57. The Labute approximate surface area is 133 Å². The molecule has 1 heterocycles. The lowest BCUT2D eigenvalue weighted by molar-refractivity contribution is -0.139. The summed E-state index contributed by atoms with van der Waals surface area (Å²) in [5.41, 5.74) is 0.792. The summed E-state index contributed by atoms with van der Waals surface area (Å²) in [6, 6.07) is 16.1. The molecule has 2 aromatic rings. The second-order valence-electron chi connectivity index (χ2n) is 5.09. The van der Waals surface area contributed by atoms with Crippen molar-refractivity contribution in [1.82, 2.24) is 0 Å². The van der Waals surface area contributed by atoms with Crippen LogP contribution in [0.5, 0.6) is 5.75 Å². The van der Waals surface area contributed by atoms with Gasteiger partial charge in [-0.1, -0.05) is 41.9 Å². The Balaban J connectivity index is 1.71. The number of anilines is 1. The number of carbonyl (C=O) groups excluding carboxylic acids is 2. The third-order valence-corrected chi connectivity index (χ3v) is 3.89. The highest BCUT2D eigenvalue weighted by atomic mass is 35.5. The van der Waals surface area contributed by atoms with Gasteiger partial charge in [0.15, 0.2) is 0 Å². The van der Waals surface area contributed by atoms with E-state index < -0.39 is 11.9 Å². The van der Waals surface area contributed by atoms with E-state index in [-0.39, 0.29) is 12.3 Å². The monoisotopic (exact) mass is 315 g/mol. The van der Waals surface area contributed by atoms with Crippen LogP contribution in [0.15, 0.2) is 54.6 Å². The van der Waals surface area contributed by atoms with Gasteiger partial charge in [0.25, 0.3) is 0 Å². The second kappa shape index (κ2) is 6.20. The van der Waals surface area contributed by atoms with Gasteiger partial charge in [-0.15, -0.1) is 0 Å². The van der Waals surface area contributed by atoms with Gasteiger partial charge >= 0.3 is 5.97 Å². The van der Waals surface area contributed by atoms with Crippen LogP contribution in [-0.4, -0.2) is 18.4 Å². The van der Waals surface area contributed by atoms with Crippen LogP contribution in [0.3, 0.4) is 0 Å². The maximum atomic E-state index is 12.2. The van der Waals surface area contributed by atoms with E-state index >= 15 is 0 Å². The molecule has 4 nitrogen and oxygen atoms in total. The van der Waals surface area contributed by atoms with E-state index in [2.05, 4.69) is 0 Å². The minimum Gasteiger partial charge on any atom is -0.425 e. The fraction of sp³-hybridized carbons (Fsp3) is 0.176. The van der Waals surface area contributed by atoms with Crippen molar-refractivity contribution in [3.63, 3.8) is 0 Å². The number of carbonyl (C=O) groups is 2. The van der Waals surface area contributed by atoms with Crippen molar-refractivity contribution < 1.29 is 14.3 Å². The maximum absolute atomic E-state index is 12.2.